The molecule has 0 fully saturated rings. The number of rotatable bonds is 6. The summed E-state index contributed by atoms with van der Waals surface area (Å²) < 4.78 is 1.70. The van der Waals surface area contributed by atoms with Crippen LogP contribution >= 0.6 is 35.2 Å². The number of anilines is 1. The number of carbonyl (C=O) groups is 1. The molecule has 0 aliphatic rings. The number of hydrogen-bond donors (Lipinski definition) is 2. The van der Waals surface area contributed by atoms with E-state index in [2.05, 4.69) is 21.9 Å². The maximum atomic E-state index is 12.7. The van der Waals surface area contributed by atoms with Crippen molar-refractivity contribution in [1.82, 2.24) is 14.5 Å². The van der Waals surface area contributed by atoms with Crippen molar-refractivity contribution >= 4 is 57.1 Å². The van der Waals surface area contributed by atoms with E-state index in [1.165, 1.54) is 15.9 Å². The first-order chi connectivity index (χ1) is 14.9. The lowest BCUT2D eigenvalue weighted by Crippen LogP contribution is -2.22. The van der Waals surface area contributed by atoms with Gasteiger partial charge in [-0.05, 0) is 48.1 Å². The number of fused-ring (bicyclic) bond motifs is 1. The Bertz CT molecular complexity index is 1400. The average Bonchev–Trinajstić information content (AvgIpc) is 3.19. The Labute approximate surface area is 191 Å². The van der Waals surface area contributed by atoms with Gasteiger partial charge < -0.3 is 4.98 Å². The highest BCUT2D eigenvalue weighted by molar-refractivity contribution is 7.71. The third-order valence-corrected chi connectivity index (χ3v) is 6.11. The second-order valence-electron chi connectivity index (χ2n) is 6.78. The lowest BCUT2D eigenvalue weighted by atomic mass is 10.1. The SMILES string of the molecule is C=CCn1c(=S)[nH]c2cc(C(=O)Nc3ncc(Cc4ccc(Cl)cc4)s3)ccc2c1=O. The molecular formula is C22H17ClN4O2S2. The first-order valence-electron chi connectivity index (χ1n) is 9.33. The maximum Gasteiger partial charge on any atom is 0.262 e. The molecule has 2 heterocycles. The first-order valence-corrected chi connectivity index (χ1v) is 10.9. The second kappa shape index (κ2) is 8.97. The number of nitrogens with one attached hydrogen (secondary N) is 2. The van der Waals surface area contributed by atoms with Crippen LogP contribution in [0.3, 0.4) is 0 Å². The van der Waals surface area contributed by atoms with Crippen LogP contribution in [0, 0.1) is 4.77 Å². The van der Waals surface area contributed by atoms with Crippen LogP contribution in [0.2, 0.25) is 5.02 Å². The molecule has 0 bridgehead atoms. The number of aromatic amines is 1. The number of H-pyrrole nitrogens is 1. The van der Waals surface area contributed by atoms with E-state index < -0.39 is 0 Å². The smallest absolute Gasteiger partial charge is 0.262 e. The number of halogens is 1. The zero-order valence-electron chi connectivity index (χ0n) is 16.2. The van der Waals surface area contributed by atoms with Crippen molar-refractivity contribution in [2.24, 2.45) is 0 Å². The van der Waals surface area contributed by atoms with Gasteiger partial charge in [-0.15, -0.1) is 17.9 Å². The van der Waals surface area contributed by atoms with Crippen LogP contribution in [0.1, 0.15) is 20.8 Å². The van der Waals surface area contributed by atoms with Crippen molar-refractivity contribution < 1.29 is 4.79 Å². The van der Waals surface area contributed by atoms with Gasteiger partial charge in [0.15, 0.2) is 9.90 Å². The minimum atomic E-state index is -0.316. The van der Waals surface area contributed by atoms with Gasteiger partial charge in [-0.2, -0.15) is 0 Å². The van der Waals surface area contributed by atoms with Gasteiger partial charge in [-0.3, -0.25) is 19.5 Å². The first kappa shape index (κ1) is 21.2. The van der Waals surface area contributed by atoms with Crippen LogP contribution in [-0.2, 0) is 13.0 Å². The summed E-state index contributed by atoms with van der Waals surface area (Å²) >= 11 is 12.6. The van der Waals surface area contributed by atoms with Gasteiger partial charge in [-0.25, -0.2) is 4.98 Å². The molecule has 6 nitrogen and oxygen atoms in total. The molecule has 2 aromatic heterocycles. The van der Waals surface area contributed by atoms with Gasteiger partial charge in [0.1, 0.15) is 0 Å². The summed E-state index contributed by atoms with van der Waals surface area (Å²) in [5.74, 6) is -0.316. The molecular weight excluding hydrogens is 452 g/mol. The second-order valence-corrected chi connectivity index (χ2v) is 8.72. The van der Waals surface area contributed by atoms with E-state index in [1.54, 1.807) is 30.5 Å². The van der Waals surface area contributed by atoms with E-state index in [9.17, 15) is 9.59 Å². The zero-order chi connectivity index (χ0) is 22.0. The van der Waals surface area contributed by atoms with Crippen molar-refractivity contribution in [3.63, 3.8) is 0 Å². The van der Waals surface area contributed by atoms with E-state index in [4.69, 9.17) is 23.8 Å². The summed E-state index contributed by atoms with van der Waals surface area (Å²) in [6, 6.07) is 12.4. The molecule has 31 heavy (non-hydrogen) atoms. The van der Waals surface area contributed by atoms with Crippen molar-refractivity contribution in [3.8, 4) is 0 Å². The van der Waals surface area contributed by atoms with Gasteiger partial charge in [0.2, 0.25) is 0 Å². The fourth-order valence-electron chi connectivity index (χ4n) is 3.11. The Morgan fingerprint density at radius 2 is 2.06 bits per heavy atom. The summed E-state index contributed by atoms with van der Waals surface area (Å²) in [6.45, 7) is 3.96. The summed E-state index contributed by atoms with van der Waals surface area (Å²) in [6.07, 6.45) is 4.05. The minimum Gasteiger partial charge on any atom is -0.332 e. The summed E-state index contributed by atoms with van der Waals surface area (Å²) in [5.41, 5.74) is 1.79. The minimum absolute atomic E-state index is 0.225. The molecule has 0 spiro atoms. The number of carbonyl (C=O) groups excluding carboxylic acids is 1. The zero-order valence-corrected chi connectivity index (χ0v) is 18.6. The predicted molar refractivity (Wildman–Crippen MR) is 128 cm³/mol. The Balaban J connectivity index is 1.53. The van der Waals surface area contributed by atoms with E-state index in [1.807, 2.05) is 24.3 Å². The average molecular weight is 469 g/mol. The van der Waals surface area contributed by atoms with Crippen LogP contribution in [-0.4, -0.2) is 20.4 Å². The normalized spacial score (nSPS) is 10.9. The number of allylic oxidation sites excluding steroid dienone is 1. The number of thiazole rings is 1. The fraction of sp³-hybridized carbons (Fsp3) is 0.0909. The van der Waals surface area contributed by atoms with E-state index in [0.717, 1.165) is 10.4 Å². The standard InChI is InChI=1S/C22H17ClN4O2S2/c1-2-9-27-20(29)17-8-5-14(11-18(17)25-22(27)30)19(28)26-21-24-12-16(31-21)10-13-3-6-15(23)7-4-13/h2-8,11-12H,1,9-10H2,(H,25,30)(H,24,26,28). The summed E-state index contributed by atoms with van der Waals surface area (Å²) in [7, 11) is 0. The molecule has 156 valence electrons. The predicted octanol–water partition coefficient (Wildman–Crippen LogP) is 5.20. The molecule has 0 unspecified atom stereocenters. The molecule has 0 aliphatic heterocycles. The van der Waals surface area contributed by atoms with E-state index in [-0.39, 0.29) is 16.2 Å². The largest absolute Gasteiger partial charge is 0.332 e. The highest BCUT2D eigenvalue weighted by atomic mass is 35.5. The summed E-state index contributed by atoms with van der Waals surface area (Å²) in [4.78, 5) is 33.6. The van der Waals surface area contributed by atoms with Crippen LogP contribution in [0.25, 0.3) is 10.9 Å². The molecule has 4 rings (SSSR count). The third-order valence-electron chi connectivity index (χ3n) is 4.62. The Morgan fingerprint density at radius 3 is 2.81 bits per heavy atom. The maximum absolute atomic E-state index is 12.7. The van der Waals surface area contributed by atoms with Gasteiger partial charge in [0.25, 0.3) is 11.5 Å². The number of nitrogens with zero attached hydrogens (tertiary/aromatic N) is 2. The molecule has 2 N–H and O–H groups in total. The lowest BCUT2D eigenvalue weighted by molar-refractivity contribution is 0.102. The highest BCUT2D eigenvalue weighted by Crippen LogP contribution is 2.23. The lowest BCUT2D eigenvalue weighted by Gasteiger charge is -2.07. The summed E-state index contributed by atoms with van der Waals surface area (Å²) in [5, 5.41) is 4.45. The fourth-order valence-corrected chi connectivity index (χ4v) is 4.35. The molecule has 0 radical (unpaired) electrons. The number of amides is 1. The monoisotopic (exact) mass is 468 g/mol. The van der Waals surface area contributed by atoms with Gasteiger partial charge in [-0.1, -0.05) is 29.8 Å². The van der Waals surface area contributed by atoms with Crippen LogP contribution < -0.4 is 10.9 Å². The number of aromatic nitrogens is 3. The highest BCUT2D eigenvalue weighted by Gasteiger charge is 2.12. The number of benzene rings is 2. The van der Waals surface area contributed by atoms with E-state index >= 15 is 0 Å². The molecule has 0 aliphatic carbocycles. The van der Waals surface area contributed by atoms with Crippen molar-refractivity contribution in [3.05, 3.63) is 97.5 Å². The Morgan fingerprint density at radius 1 is 1.29 bits per heavy atom. The molecule has 0 atom stereocenters. The van der Waals surface area contributed by atoms with Crippen LogP contribution in [0.4, 0.5) is 5.13 Å². The topological polar surface area (TPSA) is 79.8 Å². The molecule has 4 aromatic rings. The van der Waals surface area contributed by atoms with Crippen LogP contribution in [0.5, 0.6) is 0 Å². The van der Waals surface area contributed by atoms with Crippen LogP contribution in [0.15, 0.2) is 66.1 Å². The third kappa shape index (κ3) is 4.66. The quantitative estimate of drug-likeness (QED) is 0.301. The molecule has 0 saturated carbocycles. The molecule has 0 saturated heterocycles. The molecule has 9 heteroatoms. The molecule has 2 aromatic carbocycles. The van der Waals surface area contributed by atoms with Crippen molar-refractivity contribution in [2.45, 2.75) is 13.0 Å². The van der Waals surface area contributed by atoms with Gasteiger partial charge >= 0.3 is 0 Å². The Hall–Kier alpha value is -3.07. The van der Waals surface area contributed by atoms with Gasteiger partial charge in [0, 0.05) is 34.6 Å². The molecule has 1 amide bonds. The van der Waals surface area contributed by atoms with Gasteiger partial charge in [0.05, 0.1) is 10.9 Å². The van der Waals surface area contributed by atoms with E-state index in [0.29, 0.717) is 39.6 Å². The van der Waals surface area contributed by atoms with Crippen molar-refractivity contribution in [1.29, 1.82) is 0 Å². The van der Waals surface area contributed by atoms with Crippen molar-refractivity contribution in [2.75, 3.05) is 5.32 Å². The number of hydrogen-bond acceptors (Lipinski definition) is 5. The Kier molecular flexibility index (Phi) is 6.13.